The van der Waals surface area contributed by atoms with E-state index in [0.29, 0.717) is 0 Å². The normalized spacial score (nSPS) is 22.2. The molecular formula is C19H23F2N3O4S. The summed E-state index contributed by atoms with van der Waals surface area (Å²) in [5, 5.41) is 5.06. The maximum Gasteiger partial charge on any atom is 0.264 e. The van der Waals surface area contributed by atoms with Gasteiger partial charge in [0.25, 0.3) is 10.0 Å². The predicted octanol–water partition coefficient (Wildman–Crippen LogP) is 2.04. The third kappa shape index (κ3) is 4.92. The fraction of sp³-hybridized carbons (Fsp3) is 0.474. The molecule has 0 unspecified atom stereocenters. The van der Waals surface area contributed by atoms with Crippen molar-refractivity contribution in [2.75, 3.05) is 0 Å². The van der Waals surface area contributed by atoms with Crippen molar-refractivity contribution in [3.63, 3.8) is 0 Å². The Kier molecular flexibility index (Phi) is 5.92. The van der Waals surface area contributed by atoms with E-state index in [1.54, 1.807) is 12.1 Å². The molecule has 0 saturated heterocycles. The molecule has 0 radical (unpaired) electrons. The molecule has 29 heavy (non-hydrogen) atoms. The summed E-state index contributed by atoms with van der Waals surface area (Å²) < 4.78 is 53.3. The Bertz CT molecular complexity index is 906. The van der Waals surface area contributed by atoms with Crippen molar-refractivity contribution in [2.45, 2.75) is 61.9 Å². The summed E-state index contributed by atoms with van der Waals surface area (Å²) in [6.45, 7) is 1.82. The van der Waals surface area contributed by atoms with Crippen LogP contribution in [0.5, 0.6) is 0 Å². The fourth-order valence-electron chi connectivity index (χ4n) is 3.42. The molecule has 3 rings (SSSR count). The van der Waals surface area contributed by atoms with E-state index >= 15 is 0 Å². The standard InChI is InChI=1S/C19H23F2N3O4S/c1-13-2-4-15(5-3-13)29(27,28)24-11-10-22-18(26)16(24)12-17(25)23-14-6-8-19(20,21)9-7-14/h2-5,10-11,14,16H,6-9,12H2,1H3,(H,22,26)(H,23,25)/t16-/m1/s1. The van der Waals surface area contributed by atoms with Crippen molar-refractivity contribution in [3.05, 3.63) is 42.2 Å². The molecule has 7 nitrogen and oxygen atoms in total. The van der Waals surface area contributed by atoms with Gasteiger partial charge in [-0.05, 0) is 31.9 Å². The number of halogens is 2. The molecule has 0 bridgehead atoms. The topological polar surface area (TPSA) is 95.6 Å². The molecule has 10 heteroatoms. The number of nitrogens with zero attached hydrogens (tertiary/aromatic N) is 1. The van der Waals surface area contributed by atoms with Crippen LogP contribution in [-0.4, -0.2) is 42.5 Å². The van der Waals surface area contributed by atoms with Gasteiger partial charge in [0.05, 0.1) is 11.3 Å². The molecule has 1 aliphatic carbocycles. The number of hydrogen-bond acceptors (Lipinski definition) is 4. The molecule has 2 N–H and O–H groups in total. The van der Waals surface area contributed by atoms with Gasteiger partial charge in [-0.2, -0.15) is 0 Å². The van der Waals surface area contributed by atoms with Crippen LogP contribution in [-0.2, 0) is 19.6 Å². The number of rotatable bonds is 5. The smallest absolute Gasteiger partial charge is 0.264 e. The van der Waals surface area contributed by atoms with Crippen LogP contribution in [0.1, 0.15) is 37.7 Å². The van der Waals surface area contributed by atoms with Gasteiger partial charge in [0.15, 0.2) is 0 Å². The van der Waals surface area contributed by atoms with Gasteiger partial charge in [0, 0.05) is 31.3 Å². The third-order valence-electron chi connectivity index (χ3n) is 5.11. The van der Waals surface area contributed by atoms with Crippen LogP contribution in [0.15, 0.2) is 41.6 Å². The second kappa shape index (κ2) is 8.10. The number of hydrogen-bond donors (Lipinski definition) is 2. The number of nitrogens with one attached hydrogen (secondary N) is 2. The molecule has 1 aromatic rings. The number of amides is 2. The number of carbonyl (C=O) groups excluding carboxylic acids is 2. The molecule has 1 heterocycles. The summed E-state index contributed by atoms with van der Waals surface area (Å²) in [4.78, 5) is 24.7. The van der Waals surface area contributed by atoms with Crippen LogP contribution in [0.4, 0.5) is 8.78 Å². The van der Waals surface area contributed by atoms with Crippen molar-refractivity contribution < 1.29 is 26.8 Å². The van der Waals surface area contributed by atoms with Crippen molar-refractivity contribution in [2.24, 2.45) is 0 Å². The zero-order valence-corrected chi connectivity index (χ0v) is 16.7. The van der Waals surface area contributed by atoms with E-state index in [0.717, 1.165) is 9.87 Å². The van der Waals surface area contributed by atoms with Crippen LogP contribution < -0.4 is 10.6 Å². The summed E-state index contributed by atoms with van der Waals surface area (Å²) in [6.07, 6.45) is 1.66. The number of benzene rings is 1. The van der Waals surface area contributed by atoms with Crippen LogP contribution in [0.2, 0.25) is 0 Å². The van der Waals surface area contributed by atoms with E-state index in [1.807, 2.05) is 6.92 Å². The molecule has 2 aliphatic rings. The SMILES string of the molecule is Cc1ccc(S(=O)(=O)N2C=CNC(=O)[C@H]2CC(=O)NC2CCC(F)(F)CC2)cc1. The summed E-state index contributed by atoms with van der Waals surface area (Å²) in [5.41, 5.74) is 0.880. The first-order valence-electron chi connectivity index (χ1n) is 9.33. The second-order valence-electron chi connectivity index (χ2n) is 7.39. The highest BCUT2D eigenvalue weighted by Crippen LogP contribution is 2.33. The minimum absolute atomic E-state index is 0.00219. The van der Waals surface area contributed by atoms with E-state index in [9.17, 15) is 26.8 Å². The maximum atomic E-state index is 13.3. The van der Waals surface area contributed by atoms with Gasteiger partial charge in [-0.1, -0.05) is 17.7 Å². The summed E-state index contributed by atoms with van der Waals surface area (Å²) in [5.74, 6) is -3.90. The van der Waals surface area contributed by atoms with Crippen LogP contribution in [0, 0.1) is 6.92 Å². The van der Waals surface area contributed by atoms with Crippen LogP contribution in [0.3, 0.4) is 0 Å². The van der Waals surface area contributed by atoms with Gasteiger partial charge in [-0.15, -0.1) is 0 Å². The number of sulfonamides is 1. The lowest BCUT2D eigenvalue weighted by molar-refractivity contribution is -0.130. The first kappa shape index (κ1) is 21.2. The van der Waals surface area contributed by atoms with E-state index in [1.165, 1.54) is 24.5 Å². The van der Waals surface area contributed by atoms with Crippen molar-refractivity contribution in [3.8, 4) is 0 Å². The Labute approximate surface area is 168 Å². The Balaban J connectivity index is 1.72. The van der Waals surface area contributed by atoms with Gasteiger partial charge in [0.1, 0.15) is 6.04 Å². The van der Waals surface area contributed by atoms with Crippen molar-refractivity contribution in [1.82, 2.24) is 14.9 Å². The maximum absolute atomic E-state index is 13.3. The molecular weight excluding hydrogens is 404 g/mol. The predicted molar refractivity (Wildman–Crippen MR) is 101 cm³/mol. The molecule has 1 saturated carbocycles. The Morgan fingerprint density at radius 1 is 1.24 bits per heavy atom. The molecule has 1 aliphatic heterocycles. The van der Waals surface area contributed by atoms with E-state index < -0.39 is 46.3 Å². The average Bonchev–Trinajstić information content (AvgIpc) is 2.65. The zero-order chi connectivity index (χ0) is 21.2. The van der Waals surface area contributed by atoms with E-state index in [2.05, 4.69) is 10.6 Å². The van der Waals surface area contributed by atoms with E-state index in [4.69, 9.17) is 0 Å². The largest absolute Gasteiger partial charge is 0.353 e. The molecule has 1 atom stereocenters. The Morgan fingerprint density at radius 2 is 1.86 bits per heavy atom. The van der Waals surface area contributed by atoms with Gasteiger partial charge >= 0.3 is 0 Å². The Morgan fingerprint density at radius 3 is 2.48 bits per heavy atom. The first-order valence-corrected chi connectivity index (χ1v) is 10.8. The molecule has 1 aromatic carbocycles. The summed E-state index contributed by atoms with van der Waals surface area (Å²) in [6, 6.07) is 4.47. The molecule has 158 valence electrons. The van der Waals surface area contributed by atoms with Gasteiger partial charge in [0.2, 0.25) is 17.7 Å². The molecule has 0 spiro atoms. The third-order valence-corrected chi connectivity index (χ3v) is 6.91. The number of carbonyl (C=O) groups is 2. The second-order valence-corrected chi connectivity index (χ2v) is 9.23. The van der Waals surface area contributed by atoms with Crippen molar-refractivity contribution in [1.29, 1.82) is 0 Å². The molecule has 0 aromatic heterocycles. The minimum atomic E-state index is -4.05. The fourth-order valence-corrected chi connectivity index (χ4v) is 4.87. The lowest BCUT2D eigenvalue weighted by atomic mass is 9.92. The van der Waals surface area contributed by atoms with Gasteiger partial charge in [-0.25, -0.2) is 17.2 Å². The average molecular weight is 427 g/mol. The van der Waals surface area contributed by atoms with Crippen molar-refractivity contribution >= 4 is 21.8 Å². The number of alkyl halides is 2. The quantitative estimate of drug-likeness (QED) is 0.752. The minimum Gasteiger partial charge on any atom is -0.353 e. The monoisotopic (exact) mass is 427 g/mol. The lowest BCUT2D eigenvalue weighted by Gasteiger charge is -2.32. The number of aryl methyl sites for hydroxylation is 1. The van der Waals surface area contributed by atoms with Crippen LogP contribution in [0.25, 0.3) is 0 Å². The van der Waals surface area contributed by atoms with Gasteiger partial charge < -0.3 is 10.6 Å². The summed E-state index contributed by atoms with van der Waals surface area (Å²) in [7, 11) is -4.05. The summed E-state index contributed by atoms with van der Waals surface area (Å²) >= 11 is 0. The van der Waals surface area contributed by atoms with Gasteiger partial charge in [-0.3, -0.25) is 13.9 Å². The molecule has 1 fully saturated rings. The highest BCUT2D eigenvalue weighted by molar-refractivity contribution is 7.89. The van der Waals surface area contributed by atoms with E-state index in [-0.39, 0.29) is 30.6 Å². The lowest BCUT2D eigenvalue weighted by Crippen LogP contribution is -2.52. The Hall–Kier alpha value is -2.49. The highest BCUT2D eigenvalue weighted by atomic mass is 32.2. The zero-order valence-electron chi connectivity index (χ0n) is 15.9. The van der Waals surface area contributed by atoms with Crippen LogP contribution >= 0.6 is 0 Å². The highest BCUT2D eigenvalue weighted by Gasteiger charge is 2.38. The molecule has 2 amide bonds. The first-order chi connectivity index (χ1) is 13.6.